The van der Waals surface area contributed by atoms with E-state index in [1.807, 2.05) is 0 Å². The predicted molar refractivity (Wildman–Crippen MR) is 124 cm³/mol. The number of nitrogen functional groups attached to an aromatic ring is 1. The molecule has 3 atom stereocenters. The number of hydrogen-bond donors (Lipinski definition) is 6. The maximum Gasteiger partial charge on any atom is 0.352 e. The van der Waals surface area contributed by atoms with Crippen LogP contribution in [0.2, 0.25) is 0 Å². The molecule has 0 saturated carbocycles. The quantitative estimate of drug-likeness (QED) is 0.141. The van der Waals surface area contributed by atoms with Crippen molar-refractivity contribution < 1.29 is 34.5 Å². The van der Waals surface area contributed by atoms with Gasteiger partial charge in [0.15, 0.2) is 6.10 Å². The van der Waals surface area contributed by atoms with Crippen LogP contribution in [-0.4, -0.2) is 82.1 Å². The first-order chi connectivity index (χ1) is 16.7. The van der Waals surface area contributed by atoms with E-state index in [1.165, 1.54) is 36.0 Å². The lowest BCUT2D eigenvalue weighted by atomic mass is 10.0. The molecule has 2 aromatic rings. The number of aromatic nitrogens is 3. The van der Waals surface area contributed by atoms with Crippen LogP contribution in [0.4, 0.5) is 5.69 Å². The zero-order valence-electron chi connectivity index (χ0n) is 17.9. The SMILES string of the molecule is Nc1ccc(C(O)C(=O)NC2C(=O)N3C(C(=O)O)=C(CSc4n[nH]c(CC(=O)O)n4)CS[C@@H]23)cc1. The monoisotopic (exact) mass is 520 g/mol. The van der Waals surface area contributed by atoms with Crippen LogP contribution >= 0.6 is 23.5 Å². The Bertz CT molecular complexity index is 1210. The lowest BCUT2D eigenvalue weighted by Crippen LogP contribution is -2.70. The van der Waals surface area contributed by atoms with Gasteiger partial charge in [0.05, 0.1) is 0 Å². The van der Waals surface area contributed by atoms with E-state index < -0.39 is 41.3 Å². The fourth-order valence-electron chi connectivity index (χ4n) is 3.57. The van der Waals surface area contributed by atoms with Crippen LogP contribution in [0.3, 0.4) is 0 Å². The Morgan fingerprint density at radius 1 is 1.29 bits per heavy atom. The van der Waals surface area contributed by atoms with Gasteiger partial charge in [-0.15, -0.1) is 16.9 Å². The van der Waals surface area contributed by atoms with Gasteiger partial charge in [0.2, 0.25) is 5.16 Å². The Balaban J connectivity index is 1.42. The van der Waals surface area contributed by atoms with Crippen LogP contribution in [0.1, 0.15) is 17.5 Å². The number of fused-ring (bicyclic) bond motifs is 1. The molecule has 184 valence electrons. The van der Waals surface area contributed by atoms with Crippen molar-refractivity contribution in [2.45, 2.75) is 29.1 Å². The number of rotatable bonds is 9. The van der Waals surface area contributed by atoms with Crippen LogP contribution < -0.4 is 11.1 Å². The number of β-lactam (4-membered cyclic amide) rings is 1. The third-order valence-electron chi connectivity index (χ3n) is 5.25. The Morgan fingerprint density at radius 3 is 2.66 bits per heavy atom. The van der Waals surface area contributed by atoms with E-state index in [0.29, 0.717) is 16.8 Å². The normalized spacial score (nSPS) is 20.1. The van der Waals surface area contributed by atoms with Crippen LogP contribution in [0.15, 0.2) is 40.7 Å². The number of benzene rings is 1. The number of nitrogens with zero attached hydrogens (tertiary/aromatic N) is 3. The predicted octanol–water partition coefficient (Wildman–Crippen LogP) is -0.422. The molecule has 2 aliphatic heterocycles. The zero-order valence-corrected chi connectivity index (χ0v) is 19.5. The first-order valence-electron chi connectivity index (χ1n) is 10.2. The topological polar surface area (TPSA) is 212 Å². The van der Waals surface area contributed by atoms with Gasteiger partial charge in [-0.25, -0.2) is 9.78 Å². The third-order valence-corrected chi connectivity index (χ3v) is 7.53. The molecule has 15 heteroatoms. The van der Waals surface area contributed by atoms with Gasteiger partial charge in [0.25, 0.3) is 11.8 Å². The number of nitrogens with two attached hydrogens (primary N) is 1. The summed E-state index contributed by atoms with van der Waals surface area (Å²) in [7, 11) is 0. The molecule has 2 unspecified atom stereocenters. The molecular formula is C20H20N6O7S2. The van der Waals surface area contributed by atoms with Crippen molar-refractivity contribution in [1.82, 2.24) is 25.4 Å². The molecular weight excluding hydrogens is 500 g/mol. The second-order valence-corrected chi connectivity index (χ2v) is 9.69. The Kier molecular flexibility index (Phi) is 7.00. The van der Waals surface area contributed by atoms with Crippen molar-refractivity contribution in [1.29, 1.82) is 0 Å². The van der Waals surface area contributed by atoms with E-state index in [0.717, 1.165) is 16.7 Å². The van der Waals surface area contributed by atoms with Gasteiger partial charge in [-0.2, -0.15) is 0 Å². The number of aliphatic hydroxyl groups is 1. The molecule has 7 N–H and O–H groups in total. The first kappa shape index (κ1) is 24.6. The summed E-state index contributed by atoms with van der Waals surface area (Å²) >= 11 is 2.39. The molecule has 0 spiro atoms. The fraction of sp³-hybridized carbons (Fsp3) is 0.300. The van der Waals surface area contributed by atoms with E-state index in [1.54, 1.807) is 0 Å². The highest BCUT2D eigenvalue weighted by Gasteiger charge is 2.54. The summed E-state index contributed by atoms with van der Waals surface area (Å²) in [6.45, 7) is 0. The molecule has 0 aliphatic carbocycles. The number of amides is 2. The summed E-state index contributed by atoms with van der Waals surface area (Å²) < 4.78 is 0. The van der Waals surface area contributed by atoms with Gasteiger partial charge in [0.1, 0.15) is 29.4 Å². The summed E-state index contributed by atoms with van der Waals surface area (Å²) in [5.41, 5.74) is 6.68. The Hall–Kier alpha value is -3.56. The molecule has 4 rings (SSSR count). The van der Waals surface area contributed by atoms with E-state index in [9.17, 15) is 29.4 Å². The molecule has 0 bridgehead atoms. The van der Waals surface area contributed by atoms with E-state index in [4.69, 9.17) is 10.8 Å². The van der Waals surface area contributed by atoms with Gasteiger partial charge in [0, 0.05) is 17.2 Å². The molecule has 2 amide bonds. The maximum atomic E-state index is 12.8. The lowest BCUT2D eigenvalue weighted by molar-refractivity contribution is -0.151. The summed E-state index contributed by atoms with van der Waals surface area (Å²) in [6, 6.07) is 5.09. The number of thioether (sulfide) groups is 2. The molecule has 1 saturated heterocycles. The number of H-pyrrole nitrogens is 1. The Morgan fingerprint density at radius 2 is 2.00 bits per heavy atom. The number of aliphatic carboxylic acids is 2. The summed E-state index contributed by atoms with van der Waals surface area (Å²) in [6.07, 6.45) is -1.84. The van der Waals surface area contributed by atoms with E-state index in [2.05, 4.69) is 20.5 Å². The molecule has 35 heavy (non-hydrogen) atoms. The minimum Gasteiger partial charge on any atom is -0.481 e. The Labute approximate surface area is 206 Å². The second kappa shape index (κ2) is 9.97. The molecule has 2 aliphatic rings. The average Bonchev–Trinajstić information content (AvgIpc) is 3.26. The zero-order chi connectivity index (χ0) is 25.3. The van der Waals surface area contributed by atoms with Crippen molar-refractivity contribution in [3.05, 3.63) is 46.9 Å². The highest BCUT2D eigenvalue weighted by molar-refractivity contribution is 8.01. The summed E-state index contributed by atoms with van der Waals surface area (Å²) in [5, 5.41) is 37.4. The van der Waals surface area contributed by atoms with E-state index >= 15 is 0 Å². The van der Waals surface area contributed by atoms with Gasteiger partial charge >= 0.3 is 11.9 Å². The van der Waals surface area contributed by atoms with Crippen molar-refractivity contribution in [3.63, 3.8) is 0 Å². The van der Waals surface area contributed by atoms with Crippen LogP contribution in [0.5, 0.6) is 0 Å². The number of nitrogens with one attached hydrogen (secondary N) is 2. The first-order valence-corrected chi connectivity index (χ1v) is 12.2. The van der Waals surface area contributed by atoms with Crippen molar-refractivity contribution in [2.24, 2.45) is 0 Å². The van der Waals surface area contributed by atoms with Gasteiger partial charge in [-0.1, -0.05) is 23.9 Å². The molecule has 1 aromatic carbocycles. The van der Waals surface area contributed by atoms with Crippen molar-refractivity contribution >= 4 is 53.0 Å². The van der Waals surface area contributed by atoms with Gasteiger partial charge in [-0.3, -0.25) is 24.4 Å². The van der Waals surface area contributed by atoms with Gasteiger partial charge in [-0.05, 0) is 23.3 Å². The smallest absolute Gasteiger partial charge is 0.352 e. The number of carboxylic acid groups (broad SMARTS) is 2. The highest BCUT2D eigenvalue weighted by atomic mass is 32.2. The highest BCUT2D eigenvalue weighted by Crippen LogP contribution is 2.41. The number of aromatic amines is 1. The molecule has 1 aromatic heterocycles. The standard InChI is InChI=1S/C20H20N6O7S2/c21-10-3-1-8(2-4-10)15(29)16(30)23-13-17(31)26-14(19(32)33)9(6-34-18(13)26)7-35-20-22-11(24-25-20)5-12(27)28/h1-4,13,15,18,29H,5-7,21H2,(H,23,30)(H,27,28)(H,32,33)(H,22,24,25)/t13?,15?,18-/m0/s1. The fourth-order valence-corrected chi connectivity index (χ4v) is 5.87. The molecule has 1 fully saturated rings. The van der Waals surface area contributed by atoms with Crippen molar-refractivity contribution in [2.75, 3.05) is 17.2 Å². The van der Waals surface area contributed by atoms with Crippen LogP contribution in [0, 0.1) is 0 Å². The van der Waals surface area contributed by atoms with Crippen LogP contribution in [-0.2, 0) is 25.6 Å². The van der Waals surface area contributed by atoms with Crippen LogP contribution in [0.25, 0.3) is 0 Å². The second-order valence-electron chi connectivity index (χ2n) is 7.65. The number of carboxylic acids is 2. The third kappa shape index (κ3) is 5.11. The number of anilines is 1. The minimum absolute atomic E-state index is 0.169. The van der Waals surface area contributed by atoms with E-state index in [-0.39, 0.29) is 34.6 Å². The molecule has 0 radical (unpaired) electrons. The van der Waals surface area contributed by atoms with Gasteiger partial charge < -0.3 is 26.4 Å². The largest absolute Gasteiger partial charge is 0.481 e. The summed E-state index contributed by atoms with van der Waals surface area (Å²) in [5.74, 6) is -3.11. The minimum atomic E-state index is -1.51. The molecule has 3 heterocycles. The number of carbonyl (C=O) groups excluding carboxylic acids is 2. The summed E-state index contributed by atoms with van der Waals surface area (Å²) in [4.78, 5) is 53.2. The maximum absolute atomic E-state index is 12.8. The number of aliphatic hydroxyl groups excluding tert-OH is 1. The number of hydrogen-bond acceptors (Lipinski definition) is 10. The average molecular weight is 521 g/mol. The number of carbonyl (C=O) groups is 4. The van der Waals surface area contributed by atoms with Crippen molar-refractivity contribution in [3.8, 4) is 0 Å². The lowest BCUT2D eigenvalue weighted by Gasteiger charge is -2.49. The molecule has 13 nitrogen and oxygen atoms in total.